The van der Waals surface area contributed by atoms with Gasteiger partial charge in [0, 0.05) is 0 Å². The van der Waals surface area contributed by atoms with Gasteiger partial charge in [0.1, 0.15) is 0 Å². The Labute approximate surface area is 81.0 Å². The van der Waals surface area contributed by atoms with Crippen LogP contribution in [-0.4, -0.2) is 6.54 Å². The van der Waals surface area contributed by atoms with E-state index in [-0.39, 0.29) is 0 Å². The molecule has 1 atom stereocenters. The number of hydrogen-bond acceptors (Lipinski definition) is 1. The monoisotopic (exact) mass is 177 g/mol. The van der Waals surface area contributed by atoms with Crippen molar-refractivity contribution < 1.29 is 0 Å². The topological polar surface area (TPSA) is 26.0 Å². The number of hydrogen-bond donors (Lipinski definition) is 1. The molecule has 13 heavy (non-hydrogen) atoms. The molecule has 1 heteroatoms. The molecule has 1 unspecified atom stereocenters. The summed E-state index contributed by atoms with van der Waals surface area (Å²) in [5.41, 5.74) is 11.2. The maximum absolute atomic E-state index is 5.68. The zero-order valence-corrected chi connectivity index (χ0v) is 9.02. The average molecular weight is 177 g/mol. The second-order valence-electron chi connectivity index (χ2n) is 3.95. The number of benzene rings is 1. The minimum atomic E-state index is 0.473. The van der Waals surface area contributed by atoms with Crippen molar-refractivity contribution in [2.24, 2.45) is 5.73 Å². The SMILES string of the molecule is Cc1cc(C)c(C(C)CN)c(C)c1. The van der Waals surface area contributed by atoms with Crippen LogP contribution in [0.4, 0.5) is 0 Å². The third-order valence-electron chi connectivity index (χ3n) is 2.58. The highest BCUT2D eigenvalue weighted by atomic mass is 14.5. The summed E-state index contributed by atoms with van der Waals surface area (Å²) < 4.78 is 0. The molecule has 0 radical (unpaired) electrons. The van der Waals surface area contributed by atoms with Crippen molar-refractivity contribution in [1.29, 1.82) is 0 Å². The summed E-state index contributed by atoms with van der Waals surface area (Å²) in [6.07, 6.45) is 0. The van der Waals surface area contributed by atoms with Gasteiger partial charge in [0.25, 0.3) is 0 Å². The third-order valence-corrected chi connectivity index (χ3v) is 2.58. The molecule has 0 aromatic heterocycles. The lowest BCUT2D eigenvalue weighted by molar-refractivity contribution is 0.761. The zero-order chi connectivity index (χ0) is 10.0. The van der Waals surface area contributed by atoms with Crippen molar-refractivity contribution in [2.75, 3.05) is 6.54 Å². The van der Waals surface area contributed by atoms with Crippen LogP contribution in [0.2, 0.25) is 0 Å². The fraction of sp³-hybridized carbons (Fsp3) is 0.500. The van der Waals surface area contributed by atoms with Gasteiger partial charge < -0.3 is 5.73 Å². The lowest BCUT2D eigenvalue weighted by Crippen LogP contribution is -2.11. The molecule has 1 aromatic rings. The van der Waals surface area contributed by atoms with Gasteiger partial charge >= 0.3 is 0 Å². The molecule has 1 nitrogen and oxygen atoms in total. The Morgan fingerprint density at radius 1 is 1.15 bits per heavy atom. The molecule has 1 rings (SSSR count). The molecular formula is C12H19N. The average Bonchev–Trinajstić information content (AvgIpc) is 2.02. The number of aryl methyl sites for hydroxylation is 3. The molecule has 0 saturated carbocycles. The molecule has 1 aromatic carbocycles. The van der Waals surface area contributed by atoms with E-state index < -0.39 is 0 Å². The molecular weight excluding hydrogens is 158 g/mol. The predicted molar refractivity (Wildman–Crippen MR) is 58.1 cm³/mol. The van der Waals surface area contributed by atoms with Gasteiger partial charge in [-0.15, -0.1) is 0 Å². The second-order valence-corrected chi connectivity index (χ2v) is 3.95. The van der Waals surface area contributed by atoms with Crippen LogP contribution in [-0.2, 0) is 0 Å². The Morgan fingerprint density at radius 3 is 2.00 bits per heavy atom. The Bertz CT molecular complexity index is 279. The van der Waals surface area contributed by atoms with Gasteiger partial charge in [-0.1, -0.05) is 24.6 Å². The van der Waals surface area contributed by atoms with Gasteiger partial charge in [-0.3, -0.25) is 0 Å². The third kappa shape index (κ3) is 2.10. The van der Waals surface area contributed by atoms with Crippen LogP contribution in [0.5, 0.6) is 0 Å². The molecule has 0 fully saturated rings. The van der Waals surface area contributed by atoms with Crippen LogP contribution in [0.1, 0.15) is 35.1 Å². The maximum atomic E-state index is 5.68. The summed E-state index contributed by atoms with van der Waals surface area (Å²) >= 11 is 0. The van der Waals surface area contributed by atoms with Crippen molar-refractivity contribution in [2.45, 2.75) is 33.6 Å². The van der Waals surface area contributed by atoms with Crippen LogP contribution in [0.3, 0.4) is 0 Å². The fourth-order valence-electron chi connectivity index (χ4n) is 2.09. The van der Waals surface area contributed by atoms with E-state index in [1.807, 2.05) is 0 Å². The molecule has 0 aliphatic rings. The van der Waals surface area contributed by atoms with E-state index in [1.165, 1.54) is 22.3 Å². The Kier molecular flexibility index (Phi) is 3.10. The Morgan fingerprint density at radius 2 is 1.62 bits per heavy atom. The van der Waals surface area contributed by atoms with Gasteiger partial charge in [0.15, 0.2) is 0 Å². The highest BCUT2D eigenvalue weighted by Crippen LogP contribution is 2.23. The van der Waals surface area contributed by atoms with E-state index in [0.29, 0.717) is 5.92 Å². The van der Waals surface area contributed by atoms with Crippen molar-refractivity contribution >= 4 is 0 Å². The quantitative estimate of drug-likeness (QED) is 0.738. The number of rotatable bonds is 2. The number of nitrogens with two attached hydrogens (primary N) is 1. The fourth-order valence-corrected chi connectivity index (χ4v) is 2.09. The molecule has 0 saturated heterocycles. The smallest absolute Gasteiger partial charge is 0.00107 e. The van der Waals surface area contributed by atoms with E-state index in [2.05, 4.69) is 39.8 Å². The summed E-state index contributed by atoms with van der Waals surface area (Å²) in [5.74, 6) is 0.473. The first-order valence-electron chi connectivity index (χ1n) is 4.84. The van der Waals surface area contributed by atoms with Crippen LogP contribution in [0, 0.1) is 20.8 Å². The summed E-state index contributed by atoms with van der Waals surface area (Å²) in [7, 11) is 0. The predicted octanol–water partition coefficient (Wildman–Crippen LogP) is 2.67. The van der Waals surface area contributed by atoms with Crippen LogP contribution < -0.4 is 5.73 Å². The normalized spacial score (nSPS) is 13.0. The molecule has 2 N–H and O–H groups in total. The summed E-state index contributed by atoms with van der Waals surface area (Å²) in [6.45, 7) is 9.38. The molecule has 0 amide bonds. The van der Waals surface area contributed by atoms with E-state index in [1.54, 1.807) is 0 Å². The van der Waals surface area contributed by atoms with Crippen LogP contribution >= 0.6 is 0 Å². The van der Waals surface area contributed by atoms with Crippen molar-refractivity contribution in [3.63, 3.8) is 0 Å². The lowest BCUT2D eigenvalue weighted by Gasteiger charge is -2.16. The molecule has 72 valence electrons. The largest absolute Gasteiger partial charge is 0.330 e. The lowest BCUT2D eigenvalue weighted by atomic mass is 9.91. The minimum Gasteiger partial charge on any atom is -0.330 e. The van der Waals surface area contributed by atoms with Gasteiger partial charge in [-0.05, 0) is 49.9 Å². The molecule has 0 aliphatic carbocycles. The molecule has 0 aliphatic heterocycles. The summed E-state index contributed by atoms with van der Waals surface area (Å²) in [6, 6.07) is 4.46. The van der Waals surface area contributed by atoms with Gasteiger partial charge in [0.05, 0.1) is 0 Å². The minimum absolute atomic E-state index is 0.473. The van der Waals surface area contributed by atoms with Gasteiger partial charge in [-0.2, -0.15) is 0 Å². The van der Waals surface area contributed by atoms with Crippen molar-refractivity contribution in [3.8, 4) is 0 Å². The zero-order valence-electron chi connectivity index (χ0n) is 9.02. The molecule has 0 heterocycles. The highest BCUT2D eigenvalue weighted by Gasteiger charge is 2.09. The van der Waals surface area contributed by atoms with Crippen LogP contribution in [0.15, 0.2) is 12.1 Å². The van der Waals surface area contributed by atoms with E-state index in [9.17, 15) is 0 Å². The van der Waals surface area contributed by atoms with Gasteiger partial charge in [-0.25, -0.2) is 0 Å². The first-order chi connectivity index (χ1) is 6.06. The van der Waals surface area contributed by atoms with E-state index in [4.69, 9.17) is 5.73 Å². The summed E-state index contributed by atoms with van der Waals surface area (Å²) in [4.78, 5) is 0. The maximum Gasteiger partial charge on any atom is -0.00107 e. The van der Waals surface area contributed by atoms with E-state index >= 15 is 0 Å². The Balaban J connectivity index is 3.20. The van der Waals surface area contributed by atoms with Crippen LogP contribution in [0.25, 0.3) is 0 Å². The summed E-state index contributed by atoms with van der Waals surface area (Å²) in [5, 5.41) is 0. The highest BCUT2D eigenvalue weighted by molar-refractivity contribution is 5.39. The first kappa shape index (κ1) is 10.3. The van der Waals surface area contributed by atoms with E-state index in [0.717, 1.165) is 6.54 Å². The first-order valence-corrected chi connectivity index (χ1v) is 4.84. The van der Waals surface area contributed by atoms with Crippen molar-refractivity contribution in [1.82, 2.24) is 0 Å². The second kappa shape index (κ2) is 3.93. The molecule has 0 bridgehead atoms. The standard InChI is InChI=1S/C12H19N/c1-8-5-9(2)12(10(3)6-8)11(4)7-13/h5-6,11H,7,13H2,1-4H3. The Hall–Kier alpha value is -0.820. The van der Waals surface area contributed by atoms with Crippen molar-refractivity contribution in [3.05, 3.63) is 34.4 Å². The van der Waals surface area contributed by atoms with Gasteiger partial charge in [0.2, 0.25) is 0 Å². The molecule has 0 spiro atoms.